The van der Waals surface area contributed by atoms with Gasteiger partial charge < -0.3 is 20.1 Å². The van der Waals surface area contributed by atoms with Crippen LogP contribution in [0.15, 0.2) is 42.5 Å². The van der Waals surface area contributed by atoms with Gasteiger partial charge in [0.2, 0.25) is 5.75 Å². The third-order valence-corrected chi connectivity index (χ3v) is 3.57. The Bertz CT molecular complexity index is 779. The molecule has 0 aromatic heterocycles. The van der Waals surface area contributed by atoms with Gasteiger partial charge in [0.05, 0.1) is 12.0 Å². The van der Waals surface area contributed by atoms with Gasteiger partial charge in [0.1, 0.15) is 5.75 Å². The molecule has 0 aliphatic heterocycles. The van der Waals surface area contributed by atoms with Gasteiger partial charge in [-0.05, 0) is 24.2 Å². The highest BCUT2D eigenvalue weighted by atomic mass is 16.6. The lowest BCUT2D eigenvalue weighted by molar-refractivity contribution is -0.385. The van der Waals surface area contributed by atoms with Gasteiger partial charge in [0.15, 0.2) is 6.61 Å². The molecule has 0 atom stereocenters. The van der Waals surface area contributed by atoms with Crippen molar-refractivity contribution in [2.24, 2.45) is 0 Å². The Morgan fingerprint density at radius 2 is 2.00 bits per heavy atom. The number of nitrogens with zero attached hydrogens (tertiary/aromatic N) is 1. The van der Waals surface area contributed by atoms with Crippen LogP contribution in [0.3, 0.4) is 0 Å². The molecule has 0 heterocycles. The van der Waals surface area contributed by atoms with Gasteiger partial charge >= 0.3 is 5.69 Å². The van der Waals surface area contributed by atoms with Crippen molar-refractivity contribution in [3.8, 4) is 11.5 Å². The van der Waals surface area contributed by atoms with Crippen molar-refractivity contribution in [2.45, 2.75) is 13.5 Å². The minimum absolute atomic E-state index is 0.0730. The van der Waals surface area contributed by atoms with E-state index in [1.807, 2.05) is 31.2 Å². The standard InChI is InChI=1S/C18H21N3O5/c1-3-19-11-13-6-4-5-7-15(13)20-18(22)12-26-14-8-9-16(21(23)24)17(10-14)25-2/h4-10,19H,3,11-12H2,1-2H3,(H,20,22). The van der Waals surface area contributed by atoms with E-state index in [-0.39, 0.29) is 24.0 Å². The lowest BCUT2D eigenvalue weighted by Gasteiger charge is -2.12. The summed E-state index contributed by atoms with van der Waals surface area (Å²) in [6.07, 6.45) is 0. The molecule has 2 rings (SSSR count). The molecule has 8 nitrogen and oxygen atoms in total. The maximum absolute atomic E-state index is 12.1. The van der Waals surface area contributed by atoms with E-state index in [1.165, 1.54) is 25.3 Å². The maximum atomic E-state index is 12.1. The van der Waals surface area contributed by atoms with Gasteiger partial charge in [-0.25, -0.2) is 0 Å². The highest BCUT2D eigenvalue weighted by molar-refractivity contribution is 5.92. The Labute approximate surface area is 151 Å². The number of methoxy groups -OCH3 is 1. The second-order valence-corrected chi connectivity index (χ2v) is 5.37. The van der Waals surface area contributed by atoms with Crippen LogP contribution in [0.25, 0.3) is 0 Å². The van der Waals surface area contributed by atoms with Crippen LogP contribution >= 0.6 is 0 Å². The third kappa shape index (κ3) is 5.18. The number of ether oxygens (including phenoxy) is 2. The van der Waals surface area contributed by atoms with E-state index in [2.05, 4.69) is 10.6 Å². The molecule has 0 saturated heterocycles. The van der Waals surface area contributed by atoms with Crippen molar-refractivity contribution in [2.75, 3.05) is 25.6 Å². The molecule has 0 bridgehead atoms. The largest absolute Gasteiger partial charge is 0.490 e. The first kappa shape index (κ1) is 19.2. The quantitative estimate of drug-likeness (QED) is 0.527. The highest BCUT2D eigenvalue weighted by Gasteiger charge is 2.16. The number of nitro benzene ring substituents is 1. The Kier molecular flexibility index (Phi) is 6.92. The predicted octanol–water partition coefficient (Wildman–Crippen LogP) is 2.73. The molecule has 0 radical (unpaired) electrons. The van der Waals surface area contributed by atoms with E-state index in [0.717, 1.165) is 12.1 Å². The van der Waals surface area contributed by atoms with Crippen LogP contribution in [0.5, 0.6) is 11.5 Å². The number of carbonyl (C=O) groups is 1. The summed E-state index contributed by atoms with van der Waals surface area (Å²) in [5, 5.41) is 16.9. The van der Waals surface area contributed by atoms with Crippen LogP contribution in [0.1, 0.15) is 12.5 Å². The second kappa shape index (κ2) is 9.38. The summed E-state index contributed by atoms with van der Waals surface area (Å²) in [7, 11) is 1.33. The zero-order chi connectivity index (χ0) is 18.9. The number of hydrogen-bond acceptors (Lipinski definition) is 6. The summed E-state index contributed by atoms with van der Waals surface area (Å²) in [5.41, 5.74) is 1.52. The topological polar surface area (TPSA) is 103 Å². The normalized spacial score (nSPS) is 10.2. The smallest absolute Gasteiger partial charge is 0.311 e. The number of rotatable bonds is 9. The van der Waals surface area contributed by atoms with E-state index >= 15 is 0 Å². The van der Waals surface area contributed by atoms with E-state index in [0.29, 0.717) is 18.0 Å². The molecule has 2 aromatic carbocycles. The first-order chi connectivity index (χ1) is 12.5. The summed E-state index contributed by atoms with van der Waals surface area (Å²) in [5.74, 6) is 0.0543. The van der Waals surface area contributed by atoms with Gasteiger partial charge in [-0.15, -0.1) is 0 Å². The van der Waals surface area contributed by atoms with Crippen LogP contribution < -0.4 is 20.1 Å². The lowest BCUT2D eigenvalue weighted by Crippen LogP contribution is -2.22. The number of nitrogens with one attached hydrogen (secondary N) is 2. The molecule has 1 amide bonds. The minimum Gasteiger partial charge on any atom is -0.490 e. The molecule has 26 heavy (non-hydrogen) atoms. The Morgan fingerprint density at radius 3 is 2.69 bits per heavy atom. The molecule has 0 aliphatic rings. The van der Waals surface area contributed by atoms with Crippen molar-refractivity contribution >= 4 is 17.3 Å². The molecular weight excluding hydrogens is 338 g/mol. The zero-order valence-electron chi connectivity index (χ0n) is 14.7. The molecule has 0 spiro atoms. The van der Waals surface area contributed by atoms with E-state index in [1.54, 1.807) is 0 Å². The van der Waals surface area contributed by atoms with Crippen LogP contribution in [-0.2, 0) is 11.3 Å². The zero-order valence-corrected chi connectivity index (χ0v) is 14.7. The van der Waals surface area contributed by atoms with Gasteiger partial charge in [-0.2, -0.15) is 0 Å². The Morgan fingerprint density at radius 1 is 1.23 bits per heavy atom. The molecule has 0 saturated carbocycles. The first-order valence-electron chi connectivity index (χ1n) is 8.08. The number of amides is 1. The van der Waals surface area contributed by atoms with Crippen LogP contribution in [0.2, 0.25) is 0 Å². The molecular formula is C18H21N3O5. The minimum atomic E-state index is -0.545. The predicted molar refractivity (Wildman–Crippen MR) is 97.6 cm³/mol. The molecule has 2 N–H and O–H groups in total. The number of para-hydroxylation sites is 1. The van der Waals surface area contributed by atoms with Gasteiger partial charge in [-0.3, -0.25) is 14.9 Å². The summed E-state index contributed by atoms with van der Waals surface area (Å²) >= 11 is 0. The molecule has 0 fully saturated rings. The van der Waals surface area contributed by atoms with Crippen LogP contribution in [-0.4, -0.2) is 31.1 Å². The number of benzene rings is 2. The molecule has 0 unspecified atom stereocenters. The molecule has 2 aromatic rings. The van der Waals surface area contributed by atoms with Gasteiger partial charge in [0, 0.05) is 24.4 Å². The fourth-order valence-corrected chi connectivity index (χ4v) is 2.29. The van der Waals surface area contributed by atoms with Crippen molar-refractivity contribution in [1.82, 2.24) is 5.32 Å². The highest BCUT2D eigenvalue weighted by Crippen LogP contribution is 2.30. The summed E-state index contributed by atoms with van der Waals surface area (Å²) in [6.45, 7) is 3.25. The average molecular weight is 359 g/mol. The molecule has 138 valence electrons. The van der Waals surface area contributed by atoms with E-state index in [4.69, 9.17) is 9.47 Å². The van der Waals surface area contributed by atoms with Crippen molar-refractivity contribution in [3.05, 3.63) is 58.1 Å². The fourth-order valence-electron chi connectivity index (χ4n) is 2.29. The lowest BCUT2D eigenvalue weighted by atomic mass is 10.1. The van der Waals surface area contributed by atoms with E-state index in [9.17, 15) is 14.9 Å². The Balaban J connectivity index is 1.98. The summed E-state index contributed by atoms with van der Waals surface area (Å²) in [6, 6.07) is 11.6. The van der Waals surface area contributed by atoms with Crippen molar-refractivity contribution in [3.63, 3.8) is 0 Å². The monoisotopic (exact) mass is 359 g/mol. The van der Waals surface area contributed by atoms with Crippen LogP contribution in [0.4, 0.5) is 11.4 Å². The first-order valence-corrected chi connectivity index (χ1v) is 8.08. The van der Waals surface area contributed by atoms with Gasteiger partial charge in [-0.1, -0.05) is 25.1 Å². The van der Waals surface area contributed by atoms with Crippen molar-refractivity contribution in [1.29, 1.82) is 0 Å². The number of hydrogen-bond donors (Lipinski definition) is 2. The molecule has 8 heteroatoms. The van der Waals surface area contributed by atoms with Gasteiger partial charge in [0.25, 0.3) is 5.91 Å². The number of anilines is 1. The SMILES string of the molecule is CCNCc1ccccc1NC(=O)COc1ccc([N+](=O)[O-])c(OC)c1. The average Bonchev–Trinajstić information content (AvgIpc) is 2.65. The number of nitro groups is 1. The summed E-state index contributed by atoms with van der Waals surface area (Å²) < 4.78 is 10.4. The fraction of sp³-hybridized carbons (Fsp3) is 0.278. The van der Waals surface area contributed by atoms with Crippen LogP contribution in [0, 0.1) is 10.1 Å². The van der Waals surface area contributed by atoms with E-state index < -0.39 is 4.92 Å². The maximum Gasteiger partial charge on any atom is 0.311 e. The Hall–Kier alpha value is -3.13. The summed E-state index contributed by atoms with van der Waals surface area (Å²) in [4.78, 5) is 22.5. The third-order valence-electron chi connectivity index (χ3n) is 3.57. The number of carbonyl (C=O) groups excluding carboxylic acids is 1. The second-order valence-electron chi connectivity index (χ2n) is 5.37. The van der Waals surface area contributed by atoms with Crippen molar-refractivity contribution < 1.29 is 19.2 Å². The molecule has 0 aliphatic carbocycles.